The number of rotatable bonds is 10. The molecule has 0 unspecified atom stereocenters. The summed E-state index contributed by atoms with van der Waals surface area (Å²) in [7, 11) is 0. The van der Waals surface area contributed by atoms with Crippen molar-refractivity contribution in [1.29, 1.82) is 0 Å². The zero-order valence-corrected chi connectivity index (χ0v) is 21.6. The van der Waals surface area contributed by atoms with Crippen LogP contribution >= 0.6 is 11.6 Å². The summed E-state index contributed by atoms with van der Waals surface area (Å²) in [5, 5.41) is 25.8. The van der Waals surface area contributed by atoms with Gasteiger partial charge >= 0.3 is 12.1 Å². The molecule has 3 atom stereocenters. The minimum atomic E-state index is -1.61. The summed E-state index contributed by atoms with van der Waals surface area (Å²) in [5.41, 5.74) is 4.77. The number of piperidine rings is 1. The number of carbonyl (C=O) groups excluding carboxylic acids is 1. The topological polar surface area (TPSA) is 128 Å². The lowest BCUT2D eigenvalue weighted by Gasteiger charge is -2.43. The van der Waals surface area contributed by atoms with Gasteiger partial charge in [0.1, 0.15) is 5.82 Å². The molecule has 6 N–H and O–H groups in total. The van der Waals surface area contributed by atoms with Crippen molar-refractivity contribution in [3.05, 3.63) is 34.6 Å². The Kier molecular flexibility index (Phi) is 10.6. The van der Waals surface area contributed by atoms with Gasteiger partial charge in [0.05, 0.1) is 10.6 Å². The van der Waals surface area contributed by atoms with Gasteiger partial charge in [-0.15, -0.1) is 0 Å². The summed E-state index contributed by atoms with van der Waals surface area (Å²) < 4.78 is 15.0. The number of carbonyl (C=O) groups is 2. The minimum Gasteiger partial charge on any atom is -0.465 e. The lowest BCUT2D eigenvalue weighted by molar-refractivity contribution is -0.0575. The first kappa shape index (κ1) is 28.5. The molecule has 0 radical (unpaired) electrons. The molecule has 0 bridgehead atoms. The molecule has 2 fully saturated rings. The van der Waals surface area contributed by atoms with Gasteiger partial charge in [-0.3, -0.25) is 0 Å². The highest BCUT2D eigenvalue weighted by Gasteiger charge is 2.43. The Hall–Kier alpha value is -2.10. The fraction of sp³-hybridized carbons (Fsp3) is 0.692. The van der Waals surface area contributed by atoms with Gasteiger partial charge in [0.25, 0.3) is 0 Å². The van der Waals surface area contributed by atoms with Crippen molar-refractivity contribution in [3.8, 4) is 0 Å². The predicted molar refractivity (Wildman–Crippen MR) is 137 cm³/mol. The highest BCUT2D eigenvalue weighted by Crippen LogP contribution is 2.41. The van der Waals surface area contributed by atoms with Crippen molar-refractivity contribution in [2.45, 2.75) is 75.9 Å². The molecule has 2 aliphatic rings. The molecule has 1 aromatic rings. The number of nitrogens with zero attached hydrogens (tertiary/aromatic N) is 1. The smallest absolute Gasteiger partial charge is 0.404 e. The fourth-order valence-corrected chi connectivity index (χ4v) is 5.94. The average molecular weight is 527 g/mol. The van der Waals surface area contributed by atoms with Crippen LogP contribution in [0.15, 0.2) is 18.2 Å². The molecule has 1 aromatic carbocycles. The standard InChI is InChI=1S/C26H40ClFN4O4/c27-22-11-4-10-21(23(22)28)26(36,12-6-13-30-25(34)35)19-9-5-14-32(17-19)24(33)31-16-20(29)15-18-7-2-1-3-8-18/h4,10-11,18-20,30,36H,1-3,5-9,12-17,29H2,(H,31,33)(H,34,35)/t19-,20-,26+/m1/s1. The summed E-state index contributed by atoms with van der Waals surface area (Å²) in [4.78, 5) is 25.4. The van der Waals surface area contributed by atoms with E-state index < -0.39 is 23.4 Å². The molecule has 1 aliphatic heterocycles. The van der Waals surface area contributed by atoms with Crippen LogP contribution in [-0.4, -0.2) is 59.5 Å². The number of nitrogens with two attached hydrogens (primary N) is 1. The third-order valence-corrected chi connectivity index (χ3v) is 7.98. The van der Waals surface area contributed by atoms with Crippen LogP contribution < -0.4 is 16.4 Å². The Morgan fingerprint density at radius 1 is 1.19 bits per heavy atom. The third-order valence-electron chi connectivity index (χ3n) is 7.69. The Labute approximate surface area is 217 Å². The van der Waals surface area contributed by atoms with Crippen LogP contribution in [0.4, 0.5) is 14.0 Å². The molecule has 1 saturated heterocycles. The Morgan fingerprint density at radius 3 is 2.67 bits per heavy atom. The zero-order valence-electron chi connectivity index (χ0n) is 20.9. The minimum absolute atomic E-state index is 0.0760. The number of aliphatic hydroxyl groups is 1. The molecule has 10 heteroatoms. The quantitative estimate of drug-likeness (QED) is 0.288. The molecule has 3 rings (SSSR count). The van der Waals surface area contributed by atoms with E-state index in [0.717, 1.165) is 6.42 Å². The summed E-state index contributed by atoms with van der Waals surface area (Å²) in [6, 6.07) is 4.18. The second kappa shape index (κ2) is 13.4. The SMILES string of the molecule is N[C@@H](CNC(=O)N1CCC[C@@H]([C@@](O)(CCCNC(=O)O)c2cccc(Cl)c2F)C1)CC1CCCCC1. The van der Waals surface area contributed by atoms with E-state index in [1.54, 1.807) is 11.0 Å². The van der Waals surface area contributed by atoms with E-state index in [2.05, 4.69) is 10.6 Å². The van der Waals surface area contributed by atoms with Gasteiger partial charge in [0, 0.05) is 43.7 Å². The molecule has 1 heterocycles. The molecule has 202 valence electrons. The second-order valence-electron chi connectivity index (χ2n) is 10.3. The molecule has 0 aromatic heterocycles. The van der Waals surface area contributed by atoms with Crippen LogP contribution in [0.25, 0.3) is 0 Å². The molecule has 1 aliphatic carbocycles. The van der Waals surface area contributed by atoms with E-state index >= 15 is 4.39 Å². The summed E-state index contributed by atoms with van der Waals surface area (Å²) in [6.07, 6.45) is 7.62. The number of benzene rings is 1. The first-order valence-electron chi connectivity index (χ1n) is 13.1. The molecule has 0 spiro atoms. The molecule has 1 saturated carbocycles. The van der Waals surface area contributed by atoms with Crippen LogP contribution in [0.5, 0.6) is 0 Å². The largest absolute Gasteiger partial charge is 0.465 e. The van der Waals surface area contributed by atoms with Crippen LogP contribution in [0, 0.1) is 17.7 Å². The highest BCUT2D eigenvalue weighted by molar-refractivity contribution is 6.30. The lowest BCUT2D eigenvalue weighted by Crippen LogP contribution is -2.52. The molecular weight excluding hydrogens is 487 g/mol. The number of halogens is 2. The van der Waals surface area contributed by atoms with Crippen molar-refractivity contribution in [2.75, 3.05) is 26.2 Å². The summed E-state index contributed by atoms with van der Waals surface area (Å²) in [5.74, 6) is -0.503. The number of hydrogen-bond donors (Lipinski definition) is 5. The Balaban J connectivity index is 1.64. The number of hydrogen-bond acceptors (Lipinski definition) is 4. The number of nitrogens with one attached hydrogen (secondary N) is 2. The van der Waals surface area contributed by atoms with E-state index in [-0.39, 0.29) is 42.2 Å². The maximum atomic E-state index is 15.0. The number of likely N-dealkylation sites (tertiary alicyclic amines) is 1. The van der Waals surface area contributed by atoms with Gasteiger partial charge in [0.2, 0.25) is 0 Å². The Morgan fingerprint density at radius 2 is 1.94 bits per heavy atom. The lowest BCUT2D eigenvalue weighted by atomic mass is 9.74. The number of amides is 3. The van der Waals surface area contributed by atoms with Gasteiger partial charge in [-0.2, -0.15) is 0 Å². The van der Waals surface area contributed by atoms with Crippen LogP contribution in [-0.2, 0) is 5.60 Å². The second-order valence-corrected chi connectivity index (χ2v) is 10.7. The molecule has 36 heavy (non-hydrogen) atoms. The number of urea groups is 1. The first-order chi connectivity index (χ1) is 17.2. The van der Waals surface area contributed by atoms with Gasteiger partial charge in [-0.25, -0.2) is 14.0 Å². The van der Waals surface area contributed by atoms with Crippen molar-refractivity contribution in [2.24, 2.45) is 17.6 Å². The van der Waals surface area contributed by atoms with Crippen LogP contribution in [0.2, 0.25) is 5.02 Å². The van der Waals surface area contributed by atoms with Crippen LogP contribution in [0.1, 0.15) is 69.8 Å². The van der Waals surface area contributed by atoms with E-state index in [1.807, 2.05) is 0 Å². The summed E-state index contributed by atoms with van der Waals surface area (Å²) >= 11 is 6.02. The van der Waals surface area contributed by atoms with Crippen LogP contribution in [0.3, 0.4) is 0 Å². The number of carboxylic acid groups (broad SMARTS) is 1. The van der Waals surface area contributed by atoms with E-state index in [4.69, 9.17) is 22.4 Å². The van der Waals surface area contributed by atoms with Gasteiger partial charge in [0.15, 0.2) is 0 Å². The van der Waals surface area contributed by atoms with E-state index in [9.17, 15) is 14.7 Å². The fourth-order valence-electron chi connectivity index (χ4n) is 5.77. The van der Waals surface area contributed by atoms with Crippen molar-refractivity contribution in [1.82, 2.24) is 15.5 Å². The zero-order chi connectivity index (χ0) is 26.1. The highest BCUT2D eigenvalue weighted by atomic mass is 35.5. The maximum absolute atomic E-state index is 15.0. The van der Waals surface area contributed by atoms with Gasteiger partial charge in [-0.1, -0.05) is 55.8 Å². The molecule has 3 amide bonds. The van der Waals surface area contributed by atoms with Crippen molar-refractivity contribution < 1.29 is 24.2 Å². The normalized spacial score (nSPS) is 21.4. The van der Waals surface area contributed by atoms with Crippen molar-refractivity contribution in [3.63, 3.8) is 0 Å². The monoisotopic (exact) mass is 526 g/mol. The molecular formula is C26H40ClFN4O4. The molecule has 8 nitrogen and oxygen atoms in total. The maximum Gasteiger partial charge on any atom is 0.404 e. The predicted octanol–water partition coefficient (Wildman–Crippen LogP) is 4.43. The van der Waals surface area contributed by atoms with E-state index in [0.29, 0.717) is 38.3 Å². The van der Waals surface area contributed by atoms with Crippen molar-refractivity contribution >= 4 is 23.7 Å². The Bertz CT molecular complexity index is 886. The third kappa shape index (κ3) is 7.70. The average Bonchev–Trinajstić information content (AvgIpc) is 2.87. The van der Waals surface area contributed by atoms with Gasteiger partial charge in [-0.05, 0) is 44.1 Å². The van der Waals surface area contributed by atoms with E-state index in [1.165, 1.54) is 44.2 Å². The van der Waals surface area contributed by atoms with Gasteiger partial charge < -0.3 is 31.5 Å². The summed E-state index contributed by atoms with van der Waals surface area (Å²) in [6.45, 7) is 1.30. The first-order valence-corrected chi connectivity index (χ1v) is 13.5.